The molecule has 0 bridgehead atoms. The van der Waals surface area contributed by atoms with Crippen LogP contribution in [0, 0.1) is 0 Å². The smallest absolute Gasteiger partial charge is 0.251 e. The lowest BCUT2D eigenvalue weighted by Gasteiger charge is -2.07. The van der Waals surface area contributed by atoms with Crippen molar-refractivity contribution in [3.8, 4) is 0 Å². The van der Waals surface area contributed by atoms with Gasteiger partial charge in [0.1, 0.15) is 6.17 Å². The third-order valence-electron chi connectivity index (χ3n) is 2.18. The van der Waals surface area contributed by atoms with E-state index in [1.54, 1.807) is 31.3 Å². The minimum absolute atomic E-state index is 0.171. The van der Waals surface area contributed by atoms with Crippen LogP contribution in [0.2, 0.25) is 0 Å². The van der Waals surface area contributed by atoms with Crippen LogP contribution in [0.1, 0.15) is 28.5 Å². The van der Waals surface area contributed by atoms with E-state index in [-0.39, 0.29) is 5.91 Å². The van der Waals surface area contributed by atoms with Gasteiger partial charge in [-0.3, -0.25) is 4.79 Å². The van der Waals surface area contributed by atoms with Crippen LogP contribution in [0.5, 0.6) is 0 Å². The fourth-order valence-electron chi connectivity index (χ4n) is 1.30. The summed E-state index contributed by atoms with van der Waals surface area (Å²) in [6.45, 7) is 0.318. The topological polar surface area (TPSA) is 55.1 Å². The summed E-state index contributed by atoms with van der Waals surface area (Å²) in [5.41, 5.74) is 6.35. The molecule has 1 rings (SSSR count). The molecule has 1 amide bonds. The van der Waals surface area contributed by atoms with Gasteiger partial charge in [0.05, 0.1) is 0 Å². The Morgan fingerprint density at radius 3 is 2.53 bits per heavy atom. The van der Waals surface area contributed by atoms with Gasteiger partial charge in [-0.15, -0.1) is 0 Å². The van der Waals surface area contributed by atoms with Gasteiger partial charge in [-0.25, -0.2) is 4.39 Å². The molecule has 3 N–H and O–H groups in total. The van der Waals surface area contributed by atoms with Crippen molar-refractivity contribution in [1.82, 2.24) is 5.32 Å². The lowest BCUT2D eigenvalue weighted by Crippen LogP contribution is -2.17. The van der Waals surface area contributed by atoms with Gasteiger partial charge in [0, 0.05) is 12.6 Å². The predicted molar refractivity (Wildman–Crippen MR) is 57.4 cm³/mol. The number of hydrogen-bond donors (Lipinski definition) is 2. The summed E-state index contributed by atoms with van der Waals surface area (Å²) >= 11 is 0. The van der Waals surface area contributed by atoms with Crippen molar-refractivity contribution in [2.75, 3.05) is 13.6 Å². The summed E-state index contributed by atoms with van der Waals surface area (Å²) in [7, 11) is 1.56. The van der Waals surface area contributed by atoms with Crippen molar-refractivity contribution in [3.05, 3.63) is 35.4 Å². The second kappa shape index (κ2) is 5.46. The summed E-state index contributed by atoms with van der Waals surface area (Å²) in [6.07, 6.45) is -0.743. The van der Waals surface area contributed by atoms with E-state index in [0.29, 0.717) is 24.1 Å². The molecule has 1 atom stereocenters. The van der Waals surface area contributed by atoms with Crippen LogP contribution in [-0.2, 0) is 0 Å². The number of benzene rings is 1. The fourth-order valence-corrected chi connectivity index (χ4v) is 1.30. The second-order valence-electron chi connectivity index (χ2n) is 3.25. The maximum atomic E-state index is 13.4. The molecule has 0 radical (unpaired) electrons. The van der Waals surface area contributed by atoms with E-state index in [2.05, 4.69) is 5.32 Å². The summed E-state index contributed by atoms with van der Waals surface area (Å²) < 4.78 is 13.4. The molecule has 3 nitrogen and oxygen atoms in total. The molecule has 1 aromatic carbocycles. The average molecular weight is 210 g/mol. The molecule has 0 aliphatic rings. The summed E-state index contributed by atoms with van der Waals surface area (Å²) in [5, 5.41) is 2.50. The fraction of sp³-hybridized carbons (Fsp3) is 0.364. The minimum atomic E-state index is -1.05. The Hall–Kier alpha value is -1.42. The normalized spacial score (nSPS) is 12.2. The first-order valence-electron chi connectivity index (χ1n) is 4.85. The summed E-state index contributed by atoms with van der Waals surface area (Å²) in [5.74, 6) is -0.171. The van der Waals surface area contributed by atoms with E-state index in [4.69, 9.17) is 5.73 Å². The summed E-state index contributed by atoms with van der Waals surface area (Å²) in [4.78, 5) is 11.2. The van der Waals surface area contributed by atoms with Gasteiger partial charge in [-0.1, -0.05) is 12.1 Å². The Balaban J connectivity index is 2.76. The van der Waals surface area contributed by atoms with Crippen LogP contribution >= 0.6 is 0 Å². The Bertz CT molecular complexity index is 324. The monoisotopic (exact) mass is 210 g/mol. The van der Waals surface area contributed by atoms with Crippen molar-refractivity contribution in [1.29, 1.82) is 0 Å². The van der Waals surface area contributed by atoms with E-state index in [9.17, 15) is 9.18 Å². The molecule has 0 aliphatic heterocycles. The highest BCUT2D eigenvalue weighted by Crippen LogP contribution is 2.20. The highest BCUT2D eigenvalue weighted by molar-refractivity contribution is 5.93. The Morgan fingerprint density at radius 2 is 2.07 bits per heavy atom. The molecule has 4 heteroatoms. The van der Waals surface area contributed by atoms with Gasteiger partial charge in [0.15, 0.2) is 0 Å². The van der Waals surface area contributed by atoms with Crippen LogP contribution in [0.15, 0.2) is 24.3 Å². The Labute approximate surface area is 88.5 Å². The van der Waals surface area contributed by atoms with Crippen LogP contribution in [0.25, 0.3) is 0 Å². The molecular formula is C11H15FN2O. The number of nitrogens with two attached hydrogens (primary N) is 1. The average Bonchev–Trinajstić information content (AvgIpc) is 2.28. The quantitative estimate of drug-likeness (QED) is 0.789. The van der Waals surface area contributed by atoms with Crippen LogP contribution in [0.4, 0.5) is 4.39 Å². The van der Waals surface area contributed by atoms with Gasteiger partial charge in [-0.2, -0.15) is 0 Å². The zero-order valence-electron chi connectivity index (χ0n) is 8.66. The zero-order chi connectivity index (χ0) is 11.3. The largest absolute Gasteiger partial charge is 0.355 e. The zero-order valence-corrected chi connectivity index (χ0v) is 8.66. The number of carbonyl (C=O) groups excluding carboxylic acids is 1. The molecule has 0 aromatic heterocycles. The maximum Gasteiger partial charge on any atom is 0.251 e. The van der Waals surface area contributed by atoms with E-state index in [0.717, 1.165) is 0 Å². The first kappa shape index (κ1) is 11.7. The van der Waals surface area contributed by atoms with Crippen LogP contribution in [-0.4, -0.2) is 19.5 Å². The first-order valence-corrected chi connectivity index (χ1v) is 4.85. The van der Waals surface area contributed by atoms with Gasteiger partial charge >= 0.3 is 0 Å². The van der Waals surface area contributed by atoms with Crippen LogP contribution < -0.4 is 11.1 Å². The standard InChI is InChI=1S/C11H15FN2O/c1-14-11(15)9-4-2-8(3-5-9)10(12)6-7-13/h2-5,10H,6-7,13H2,1H3,(H,14,15). The number of rotatable bonds is 4. The molecule has 1 aromatic rings. The van der Waals surface area contributed by atoms with Gasteiger partial charge < -0.3 is 11.1 Å². The van der Waals surface area contributed by atoms with Crippen molar-refractivity contribution in [2.24, 2.45) is 5.73 Å². The van der Waals surface area contributed by atoms with Crippen molar-refractivity contribution in [3.63, 3.8) is 0 Å². The highest BCUT2D eigenvalue weighted by atomic mass is 19.1. The maximum absolute atomic E-state index is 13.4. The van der Waals surface area contributed by atoms with E-state index in [1.807, 2.05) is 0 Å². The molecule has 0 heterocycles. The lowest BCUT2D eigenvalue weighted by atomic mass is 10.1. The van der Waals surface area contributed by atoms with Crippen molar-refractivity contribution >= 4 is 5.91 Å². The molecular weight excluding hydrogens is 195 g/mol. The van der Waals surface area contributed by atoms with Gasteiger partial charge in [-0.05, 0) is 30.7 Å². The SMILES string of the molecule is CNC(=O)c1ccc(C(F)CCN)cc1. The number of carbonyl (C=O) groups is 1. The number of nitrogens with one attached hydrogen (secondary N) is 1. The van der Waals surface area contributed by atoms with E-state index < -0.39 is 6.17 Å². The van der Waals surface area contributed by atoms with E-state index in [1.165, 1.54) is 0 Å². The molecule has 0 aliphatic carbocycles. The number of halogens is 1. The molecule has 0 fully saturated rings. The minimum Gasteiger partial charge on any atom is -0.355 e. The number of hydrogen-bond acceptors (Lipinski definition) is 2. The molecule has 1 unspecified atom stereocenters. The van der Waals surface area contributed by atoms with E-state index >= 15 is 0 Å². The highest BCUT2D eigenvalue weighted by Gasteiger charge is 2.09. The Morgan fingerprint density at radius 1 is 1.47 bits per heavy atom. The molecule has 82 valence electrons. The third kappa shape index (κ3) is 3.02. The lowest BCUT2D eigenvalue weighted by molar-refractivity contribution is 0.0963. The first-order chi connectivity index (χ1) is 7.19. The number of alkyl halides is 1. The Kier molecular flexibility index (Phi) is 4.24. The van der Waals surface area contributed by atoms with Crippen molar-refractivity contribution < 1.29 is 9.18 Å². The van der Waals surface area contributed by atoms with Crippen molar-refractivity contribution in [2.45, 2.75) is 12.6 Å². The molecule has 0 saturated heterocycles. The summed E-state index contributed by atoms with van der Waals surface area (Å²) in [6, 6.07) is 6.45. The molecule has 15 heavy (non-hydrogen) atoms. The third-order valence-corrected chi connectivity index (χ3v) is 2.18. The number of amides is 1. The second-order valence-corrected chi connectivity index (χ2v) is 3.25. The predicted octanol–water partition coefficient (Wildman–Crippen LogP) is 1.41. The molecule has 0 spiro atoms. The van der Waals surface area contributed by atoms with Gasteiger partial charge in [0.2, 0.25) is 0 Å². The molecule has 0 saturated carbocycles. The van der Waals surface area contributed by atoms with Gasteiger partial charge in [0.25, 0.3) is 5.91 Å². The van der Waals surface area contributed by atoms with Crippen LogP contribution in [0.3, 0.4) is 0 Å².